The quantitative estimate of drug-likeness (QED) is 0.501. The van der Waals surface area contributed by atoms with Crippen molar-refractivity contribution >= 4 is 39.8 Å². The van der Waals surface area contributed by atoms with Crippen LogP contribution in [0.15, 0.2) is 51.9 Å². The molecule has 2 N–H and O–H groups in total. The van der Waals surface area contributed by atoms with Gasteiger partial charge in [0.2, 0.25) is 5.91 Å². The third-order valence-electron chi connectivity index (χ3n) is 3.72. The number of benzene rings is 1. The molecule has 4 rings (SSSR count). The van der Waals surface area contributed by atoms with Gasteiger partial charge in [-0.25, -0.2) is 19.5 Å². The molecule has 10 heteroatoms. The largest absolute Gasteiger partial charge is 0.301 e. The molecule has 4 aromatic rings. The van der Waals surface area contributed by atoms with Crippen LogP contribution in [0.4, 0.5) is 5.13 Å². The molecule has 0 saturated heterocycles. The average Bonchev–Trinajstić information content (AvgIpc) is 3.28. The lowest BCUT2D eigenvalue weighted by Gasteiger charge is -2.09. The summed E-state index contributed by atoms with van der Waals surface area (Å²) in [4.78, 5) is 37.0. The number of aromatic nitrogens is 5. The molecular formula is C17H14N6O2S2. The number of nitrogens with zero attached hydrogens (tertiary/aromatic N) is 4. The van der Waals surface area contributed by atoms with Crippen molar-refractivity contribution in [3.63, 3.8) is 0 Å². The minimum Gasteiger partial charge on any atom is -0.301 e. The number of hydrogen-bond donors (Lipinski definition) is 2. The van der Waals surface area contributed by atoms with E-state index in [2.05, 4.69) is 25.4 Å². The number of amides is 1. The number of fused-ring (bicyclic) bond motifs is 1. The van der Waals surface area contributed by atoms with Crippen LogP contribution in [0.25, 0.3) is 17.0 Å². The highest BCUT2D eigenvalue weighted by molar-refractivity contribution is 7.99. The fourth-order valence-electron chi connectivity index (χ4n) is 2.50. The number of thiazole rings is 1. The Bertz CT molecular complexity index is 1170. The van der Waals surface area contributed by atoms with E-state index in [1.54, 1.807) is 11.6 Å². The van der Waals surface area contributed by atoms with Crippen molar-refractivity contribution in [3.05, 3.63) is 57.8 Å². The summed E-state index contributed by atoms with van der Waals surface area (Å²) >= 11 is 2.56. The Morgan fingerprint density at radius 1 is 1.33 bits per heavy atom. The monoisotopic (exact) mass is 398 g/mol. The lowest BCUT2D eigenvalue weighted by atomic mass is 10.1. The first-order valence-corrected chi connectivity index (χ1v) is 9.84. The lowest BCUT2D eigenvalue weighted by molar-refractivity contribution is -0.113. The molecule has 136 valence electrons. The van der Waals surface area contributed by atoms with E-state index in [9.17, 15) is 9.59 Å². The molecule has 1 aromatic carbocycles. The molecule has 0 atom stereocenters. The second kappa shape index (κ2) is 7.33. The zero-order valence-corrected chi connectivity index (χ0v) is 15.8. The van der Waals surface area contributed by atoms with E-state index < -0.39 is 0 Å². The summed E-state index contributed by atoms with van der Waals surface area (Å²) < 4.78 is 1.49. The predicted octanol–water partition coefficient (Wildman–Crippen LogP) is 2.58. The SMILES string of the molecule is Cc1ccccc1-c1nc(SCC(=O)Nc2nccs2)n2[nH]c(=O)cc2n1. The fraction of sp³-hybridized carbons (Fsp3) is 0.118. The molecule has 1 amide bonds. The van der Waals surface area contributed by atoms with Crippen molar-refractivity contribution in [1.82, 2.24) is 24.6 Å². The van der Waals surface area contributed by atoms with E-state index in [0.717, 1.165) is 11.1 Å². The molecule has 27 heavy (non-hydrogen) atoms. The molecular weight excluding hydrogens is 384 g/mol. The molecule has 0 bridgehead atoms. The van der Waals surface area contributed by atoms with Crippen molar-refractivity contribution in [3.8, 4) is 11.4 Å². The van der Waals surface area contributed by atoms with E-state index in [0.29, 0.717) is 21.8 Å². The van der Waals surface area contributed by atoms with Gasteiger partial charge in [-0.15, -0.1) is 11.3 Å². The molecule has 0 fully saturated rings. The number of H-pyrrole nitrogens is 1. The lowest BCUT2D eigenvalue weighted by Crippen LogP contribution is -2.15. The summed E-state index contributed by atoms with van der Waals surface area (Å²) in [6, 6.07) is 9.16. The van der Waals surface area contributed by atoms with Gasteiger partial charge in [0.15, 0.2) is 21.8 Å². The molecule has 3 heterocycles. The normalized spacial score (nSPS) is 11.0. The first-order chi connectivity index (χ1) is 13.1. The zero-order chi connectivity index (χ0) is 18.8. The Labute approximate surface area is 161 Å². The molecule has 0 aliphatic rings. The summed E-state index contributed by atoms with van der Waals surface area (Å²) in [6.07, 6.45) is 1.63. The van der Waals surface area contributed by atoms with E-state index >= 15 is 0 Å². The Balaban J connectivity index is 1.65. The number of thioether (sulfide) groups is 1. The summed E-state index contributed by atoms with van der Waals surface area (Å²) in [6.45, 7) is 1.97. The predicted molar refractivity (Wildman–Crippen MR) is 105 cm³/mol. The molecule has 0 aliphatic carbocycles. The van der Waals surface area contributed by atoms with Crippen molar-refractivity contribution in [2.75, 3.05) is 11.1 Å². The van der Waals surface area contributed by atoms with E-state index in [-0.39, 0.29) is 17.2 Å². The van der Waals surface area contributed by atoms with Gasteiger partial charge in [-0.2, -0.15) is 0 Å². The third-order valence-corrected chi connectivity index (χ3v) is 5.35. The summed E-state index contributed by atoms with van der Waals surface area (Å²) in [5, 5.41) is 8.20. The van der Waals surface area contributed by atoms with Crippen LogP contribution >= 0.6 is 23.1 Å². The number of rotatable bonds is 5. The minimum absolute atomic E-state index is 0.124. The van der Waals surface area contributed by atoms with Gasteiger partial charge in [0.05, 0.1) is 5.75 Å². The van der Waals surface area contributed by atoms with E-state index in [1.807, 2.05) is 31.2 Å². The van der Waals surface area contributed by atoms with Crippen LogP contribution in [0.2, 0.25) is 0 Å². The number of carbonyl (C=O) groups excluding carboxylic acids is 1. The molecule has 0 spiro atoms. The number of anilines is 1. The van der Waals surface area contributed by atoms with Gasteiger partial charge in [-0.3, -0.25) is 14.7 Å². The van der Waals surface area contributed by atoms with Crippen LogP contribution in [0.1, 0.15) is 5.56 Å². The van der Waals surface area contributed by atoms with Crippen molar-refractivity contribution in [2.24, 2.45) is 0 Å². The smallest absolute Gasteiger partial charge is 0.266 e. The van der Waals surface area contributed by atoms with Crippen LogP contribution in [0.3, 0.4) is 0 Å². The fourth-order valence-corrected chi connectivity index (χ4v) is 3.79. The van der Waals surface area contributed by atoms with Crippen LogP contribution in [0, 0.1) is 6.92 Å². The van der Waals surface area contributed by atoms with Gasteiger partial charge in [0.1, 0.15) is 0 Å². The first-order valence-electron chi connectivity index (χ1n) is 7.98. The highest BCUT2D eigenvalue weighted by atomic mass is 32.2. The number of carbonyl (C=O) groups is 1. The number of nitrogens with one attached hydrogen (secondary N) is 2. The van der Waals surface area contributed by atoms with Gasteiger partial charge in [-0.05, 0) is 12.5 Å². The topological polar surface area (TPSA) is 105 Å². The van der Waals surface area contributed by atoms with Gasteiger partial charge < -0.3 is 5.32 Å². The van der Waals surface area contributed by atoms with Crippen LogP contribution in [-0.4, -0.2) is 36.2 Å². The molecule has 0 radical (unpaired) electrons. The Morgan fingerprint density at radius 3 is 2.96 bits per heavy atom. The van der Waals surface area contributed by atoms with Crippen LogP contribution in [-0.2, 0) is 4.79 Å². The maximum atomic E-state index is 12.1. The van der Waals surface area contributed by atoms with Gasteiger partial charge in [0, 0.05) is 23.2 Å². The van der Waals surface area contributed by atoms with Gasteiger partial charge in [-0.1, -0.05) is 36.0 Å². The maximum Gasteiger partial charge on any atom is 0.266 e. The summed E-state index contributed by atoms with van der Waals surface area (Å²) in [5.74, 6) is 0.433. The average molecular weight is 398 g/mol. The molecule has 8 nitrogen and oxygen atoms in total. The molecule has 0 aliphatic heterocycles. The van der Waals surface area contributed by atoms with Gasteiger partial charge in [0.25, 0.3) is 5.56 Å². The van der Waals surface area contributed by atoms with Gasteiger partial charge >= 0.3 is 0 Å². The molecule has 0 saturated carbocycles. The van der Waals surface area contributed by atoms with E-state index in [4.69, 9.17) is 0 Å². The maximum absolute atomic E-state index is 12.1. The van der Waals surface area contributed by atoms with Crippen LogP contribution in [0.5, 0.6) is 0 Å². The highest BCUT2D eigenvalue weighted by Gasteiger charge is 2.14. The Hall–Kier alpha value is -2.98. The summed E-state index contributed by atoms with van der Waals surface area (Å²) in [7, 11) is 0. The van der Waals surface area contributed by atoms with E-state index in [1.165, 1.54) is 33.7 Å². The molecule has 0 unspecified atom stereocenters. The second-order valence-corrected chi connectivity index (χ2v) is 7.47. The first kappa shape index (κ1) is 17.4. The second-order valence-electron chi connectivity index (χ2n) is 5.63. The molecule has 3 aromatic heterocycles. The number of aryl methyl sites for hydroxylation is 1. The third kappa shape index (κ3) is 3.76. The van der Waals surface area contributed by atoms with Crippen LogP contribution < -0.4 is 10.9 Å². The summed E-state index contributed by atoms with van der Waals surface area (Å²) in [5.41, 5.74) is 2.08. The van der Waals surface area contributed by atoms with Crippen molar-refractivity contribution in [2.45, 2.75) is 12.1 Å². The number of aromatic amines is 1. The standard InChI is InChI=1S/C17H14N6O2S2/c1-10-4-2-3-5-11(10)15-19-12-8-13(24)22-23(12)17(21-15)27-9-14(25)20-16-18-6-7-26-16/h2-8H,9H2,1H3,(H,22,24)(H,18,20,25). The van der Waals surface area contributed by atoms with Crippen molar-refractivity contribution in [1.29, 1.82) is 0 Å². The number of hydrogen-bond acceptors (Lipinski definition) is 7. The Morgan fingerprint density at radius 2 is 2.19 bits per heavy atom. The Kier molecular flexibility index (Phi) is 4.73. The zero-order valence-electron chi connectivity index (χ0n) is 14.2. The highest BCUT2D eigenvalue weighted by Crippen LogP contribution is 2.24. The van der Waals surface area contributed by atoms with Crippen molar-refractivity contribution < 1.29 is 4.79 Å². The minimum atomic E-state index is -0.277.